The van der Waals surface area contributed by atoms with Gasteiger partial charge in [0, 0.05) is 38.9 Å². The van der Waals surface area contributed by atoms with Crippen LogP contribution in [0.4, 0.5) is 0 Å². The highest BCUT2D eigenvalue weighted by Crippen LogP contribution is 2.44. The lowest BCUT2D eigenvalue weighted by Gasteiger charge is -2.41. The van der Waals surface area contributed by atoms with Crippen LogP contribution in [0.1, 0.15) is 54.2 Å². The van der Waals surface area contributed by atoms with Crippen LogP contribution in [-0.4, -0.2) is 37.2 Å². The van der Waals surface area contributed by atoms with Crippen molar-refractivity contribution in [2.75, 3.05) is 20.8 Å². The summed E-state index contributed by atoms with van der Waals surface area (Å²) >= 11 is 1.66. The lowest BCUT2D eigenvalue weighted by atomic mass is 9.91. The second-order valence-electron chi connectivity index (χ2n) is 8.43. The molecule has 33 heavy (non-hydrogen) atoms. The normalized spacial score (nSPS) is 20.8. The van der Waals surface area contributed by atoms with E-state index < -0.39 is 5.72 Å². The fourth-order valence-electron chi connectivity index (χ4n) is 4.99. The highest BCUT2D eigenvalue weighted by Gasteiger charge is 2.52. The van der Waals surface area contributed by atoms with Gasteiger partial charge in [-0.3, -0.25) is 0 Å². The molecule has 0 bridgehead atoms. The van der Waals surface area contributed by atoms with E-state index in [2.05, 4.69) is 28.1 Å². The van der Waals surface area contributed by atoms with Crippen molar-refractivity contribution in [3.63, 3.8) is 0 Å². The van der Waals surface area contributed by atoms with Gasteiger partial charge in [0.1, 0.15) is 11.5 Å². The SMILES string of the molecule is C=Cc1scc(C2=NOC(CN)(C3CCCC3)N2Cc2ccc(OC)cc2OC)c1/C=C\C. The van der Waals surface area contributed by atoms with E-state index in [0.717, 1.165) is 51.7 Å². The first-order valence-corrected chi connectivity index (χ1v) is 12.3. The van der Waals surface area contributed by atoms with Gasteiger partial charge < -0.3 is 24.9 Å². The minimum absolute atomic E-state index is 0.315. The number of ether oxygens (including phenoxy) is 2. The van der Waals surface area contributed by atoms with E-state index in [9.17, 15) is 0 Å². The molecular weight excluding hydrogens is 434 g/mol. The van der Waals surface area contributed by atoms with E-state index in [1.807, 2.05) is 37.3 Å². The summed E-state index contributed by atoms with van der Waals surface area (Å²) in [5, 5.41) is 6.80. The molecule has 6 nitrogen and oxygen atoms in total. The molecule has 0 spiro atoms. The number of amidine groups is 1. The summed E-state index contributed by atoms with van der Waals surface area (Å²) < 4.78 is 11.1. The Morgan fingerprint density at radius 2 is 2.09 bits per heavy atom. The molecule has 1 saturated carbocycles. The Labute approximate surface area is 200 Å². The molecule has 1 aromatic carbocycles. The van der Waals surface area contributed by atoms with Crippen molar-refractivity contribution in [1.82, 2.24) is 4.90 Å². The van der Waals surface area contributed by atoms with Crippen LogP contribution in [0.5, 0.6) is 11.5 Å². The van der Waals surface area contributed by atoms with Gasteiger partial charge in [-0.05, 0) is 31.9 Å². The van der Waals surface area contributed by atoms with Crippen LogP contribution in [0.15, 0.2) is 41.4 Å². The Morgan fingerprint density at radius 1 is 1.30 bits per heavy atom. The van der Waals surface area contributed by atoms with Crippen molar-refractivity contribution in [2.24, 2.45) is 16.8 Å². The molecule has 1 unspecified atom stereocenters. The molecule has 1 aromatic heterocycles. The lowest BCUT2D eigenvalue weighted by molar-refractivity contribution is -0.134. The van der Waals surface area contributed by atoms with E-state index in [4.69, 9.17) is 20.0 Å². The maximum atomic E-state index is 6.46. The number of allylic oxidation sites excluding steroid dienone is 1. The molecule has 2 aliphatic rings. The monoisotopic (exact) mass is 467 g/mol. The molecule has 0 radical (unpaired) electrons. The smallest absolute Gasteiger partial charge is 0.226 e. The maximum absolute atomic E-state index is 6.46. The van der Waals surface area contributed by atoms with E-state index in [0.29, 0.717) is 19.0 Å². The Morgan fingerprint density at radius 3 is 2.73 bits per heavy atom. The molecule has 4 rings (SSSR count). The predicted molar refractivity (Wildman–Crippen MR) is 136 cm³/mol. The van der Waals surface area contributed by atoms with Gasteiger partial charge in [0.2, 0.25) is 5.72 Å². The van der Waals surface area contributed by atoms with Crippen molar-refractivity contribution < 1.29 is 14.3 Å². The van der Waals surface area contributed by atoms with Gasteiger partial charge >= 0.3 is 0 Å². The summed E-state index contributed by atoms with van der Waals surface area (Å²) in [5.74, 6) is 2.65. The van der Waals surface area contributed by atoms with Crippen LogP contribution in [0, 0.1) is 5.92 Å². The van der Waals surface area contributed by atoms with Crippen LogP contribution in [-0.2, 0) is 11.4 Å². The first-order chi connectivity index (χ1) is 16.1. The molecule has 1 atom stereocenters. The molecule has 2 heterocycles. The number of benzene rings is 1. The van der Waals surface area contributed by atoms with E-state index >= 15 is 0 Å². The third-order valence-electron chi connectivity index (χ3n) is 6.73. The molecule has 0 amide bonds. The molecule has 176 valence electrons. The number of oxime groups is 1. The molecule has 2 N–H and O–H groups in total. The van der Waals surface area contributed by atoms with Gasteiger partial charge in [0.05, 0.1) is 27.3 Å². The van der Waals surface area contributed by atoms with Crippen molar-refractivity contribution >= 4 is 29.3 Å². The summed E-state index contributed by atoms with van der Waals surface area (Å²) in [6.45, 7) is 6.93. The first-order valence-electron chi connectivity index (χ1n) is 11.4. The van der Waals surface area contributed by atoms with Crippen molar-refractivity contribution in [2.45, 2.75) is 44.9 Å². The third kappa shape index (κ3) is 4.15. The van der Waals surface area contributed by atoms with Crippen LogP contribution < -0.4 is 15.2 Å². The number of nitrogens with zero attached hydrogens (tertiary/aromatic N) is 2. The Bertz CT molecular complexity index is 1060. The fourth-order valence-corrected chi connectivity index (χ4v) is 5.87. The van der Waals surface area contributed by atoms with Crippen LogP contribution in [0.25, 0.3) is 12.2 Å². The fraction of sp³-hybridized carbons (Fsp3) is 0.423. The molecule has 1 aliphatic carbocycles. The maximum Gasteiger partial charge on any atom is 0.226 e. The van der Waals surface area contributed by atoms with Crippen molar-refractivity contribution in [1.29, 1.82) is 0 Å². The zero-order chi connectivity index (χ0) is 23.4. The number of nitrogens with two attached hydrogens (primary N) is 1. The second kappa shape index (κ2) is 10.0. The molecule has 7 heteroatoms. The van der Waals surface area contributed by atoms with E-state index in [1.54, 1.807) is 25.6 Å². The van der Waals surface area contributed by atoms with E-state index in [1.165, 1.54) is 12.8 Å². The second-order valence-corrected chi connectivity index (χ2v) is 9.34. The summed E-state index contributed by atoms with van der Waals surface area (Å²) in [6, 6.07) is 5.91. The average Bonchev–Trinajstić information content (AvgIpc) is 3.59. The summed E-state index contributed by atoms with van der Waals surface area (Å²) in [4.78, 5) is 9.67. The van der Waals surface area contributed by atoms with Gasteiger partial charge in [-0.2, -0.15) is 0 Å². The molecule has 0 saturated heterocycles. The van der Waals surface area contributed by atoms with Crippen LogP contribution in [0.2, 0.25) is 0 Å². The highest BCUT2D eigenvalue weighted by molar-refractivity contribution is 7.11. The average molecular weight is 468 g/mol. The summed E-state index contributed by atoms with van der Waals surface area (Å²) in [6.07, 6.45) is 10.6. The Balaban J connectivity index is 1.81. The molecule has 1 aliphatic heterocycles. The Hall–Kier alpha value is -2.77. The zero-order valence-electron chi connectivity index (χ0n) is 19.7. The van der Waals surface area contributed by atoms with Gasteiger partial charge in [-0.15, -0.1) is 11.3 Å². The van der Waals surface area contributed by atoms with E-state index in [-0.39, 0.29) is 0 Å². The quantitative estimate of drug-likeness (QED) is 0.529. The largest absolute Gasteiger partial charge is 0.497 e. The lowest BCUT2D eigenvalue weighted by Crippen LogP contribution is -2.57. The molecular formula is C26H33N3O3S. The van der Waals surface area contributed by atoms with Crippen molar-refractivity contribution in [3.8, 4) is 11.5 Å². The zero-order valence-corrected chi connectivity index (χ0v) is 20.5. The Kier molecular flexibility index (Phi) is 7.10. The number of hydrogen-bond donors (Lipinski definition) is 1. The topological polar surface area (TPSA) is 69.3 Å². The van der Waals surface area contributed by atoms with Gasteiger partial charge in [-0.1, -0.05) is 42.8 Å². The first kappa shape index (κ1) is 23.4. The standard InChI is InChI=1S/C26H33N3O3S/c1-5-9-21-22(16-33-24(21)6-2)25-28-32-26(17-27,19-10-7-8-11-19)29(25)15-18-12-13-20(30-3)14-23(18)31-4/h5-6,9,12-14,16,19H,2,7-8,10-11,15,17,27H2,1,3-4H3/b9-5-. The van der Waals surface area contributed by atoms with Gasteiger partial charge in [0.25, 0.3) is 0 Å². The highest BCUT2D eigenvalue weighted by atomic mass is 32.1. The van der Waals surface area contributed by atoms with Gasteiger partial charge in [0.15, 0.2) is 5.84 Å². The summed E-state index contributed by atoms with van der Waals surface area (Å²) in [5.41, 5.74) is 8.94. The van der Waals surface area contributed by atoms with Gasteiger partial charge in [-0.25, -0.2) is 0 Å². The molecule has 2 aromatic rings. The number of hydrogen-bond acceptors (Lipinski definition) is 7. The minimum Gasteiger partial charge on any atom is -0.497 e. The predicted octanol–water partition coefficient (Wildman–Crippen LogP) is 5.48. The summed E-state index contributed by atoms with van der Waals surface area (Å²) in [7, 11) is 3.34. The molecule has 1 fully saturated rings. The third-order valence-corrected chi connectivity index (χ3v) is 7.72. The number of rotatable bonds is 9. The van der Waals surface area contributed by atoms with Crippen LogP contribution >= 0.6 is 11.3 Å². The number of thiophene rings is 1. The van der Waals surface area contributed by atoms with Crippen LogP contribution in [0.3, 0.4) is 0 Å². The van der Waals surface area contributed by atoms with Crippen molar-refractivity contribution in [3.05, 3.63) is 57.8 Å². The minimum atomic E-state index is -0.680. The number of methoxy groups -OCH3 is 2.